The van der Waals surface area contributed by atoms with Crippen molar-refractivity contribution in [3.8, 4) is 0 Å². The Bertz CT molecular complexity index is 705. The highest BCUT2D eigenvalue weighted by molar-refractivity contribution is 5.83. The van der Waals surface area contributed by atoms with Crippen LogP contribution in [0.4, 0.5) is 5.69 Å². The van der Waals surface area contributed by atoms with Gasteiger partial charge in [-0.2, -0.15) is 0 Å². The Morgan fingerprint density at radius 3 is 2.30 bits per heavy atom. The molecule has 0 N–H and O–H groups in total. The van der Waals surface area contributed by atoms with Gasteiger partial charge in [-0.25, -0.2) is 0 Å². The summed E-state index contributed by atoms with van der Waals surface area (Å²) in [6.45, 7) is 5.12. The van der Waals surface area contributed by atoms with Crippen molar-refractivity contribution in [1.82, 2.24) is 4.90 Å². The molecule has 3 heteroatoms. The SMILES string of the molecule is CCCC(C(=O)N(C)Cc1ccc(N2CCCCC2)cc1)c1ccccc1. The zero-order valence-corrected chi connectivity index (χ0v) is 16.7. The summed E-state index contributed by atoms with van der Waals surface area (Å²) >= 11 is 0. The molecule has 27 heavy (non-hydrogen) atoms. The number of likely N-dealkylation sites (N-methyl/N-ethyl adjacent to an activating group) is 1. The van der Waals surface area contributed by atoms with Gasteiger partial charge in [-0.15, -0.1) is 0 Å². The predicted molar refractivity (Wildman–Crippen MR) is 113 cm³/mol. The first-order valence-corrected chi connectivity index (χ1v) is 10.3. The molecule has 0 spiro atoms. The average molecular weight is 365 g/mol. The molecule has 1 atom stereocenters. The number of anilines is 1. The lowest BCUT2D eigenvalue weighted by Gasteiger charge is -2.29. The van der Waals surface area contributed by atoms with Crippen molar-refractivity contribution in [1.29, 1.82) is 0 Å². The van der Waals surface area contributed by atoms with Gasteiger partial charge < -0.3 is 9.80 Å². The van der Waals surface area contributed by atoms with E-state index >= 15 is 0 Å². The molecule has 3 nitrogen and oxygen atoms in total. The molecular weight excluding hydrogens is 332 g/mol. The molecule has 1 aliphatic rings. The highest BCUT2D eigenvalue weighted by Crippen LogP contribution is 2.25. The topological polar surface area (TPSA) is 23.6 Å². The van der Waals surface area contributed by atoms with Crippen LogP contribution in [0.5, 0.6) is 0 Å². The zero-order valence-electron chi connectivity index (χ0n) is 16.7. The summed E-state index contributed by atoms with van der Waals surface area (Å²) in [6.07, 6.45) is 5.82. The molecule has 0 aromatic heterocycles. The Morgan fingerprint density at radius 1 is 1.00 bits per heavy atom. The van der Waals surface area contributed by atoms with Crippen molar-refractivity contribution in [3.63, 3.8) is 0 Å². The van der Waals surface area contributed by atoms with Crippen LogP contribution in [0.2, 0.25) is 0 Å². The van der Waals surface area contributed by atoms with Crippen molar-refractivity contribution in [2.75, 3.05) is 25.0 Å². The molecule has 144 valence electrons. The molecule has 1 unspecified atom stereocenters. The van der Waals surface area contributed by atoms with E-state index in [1.54, 1.807) is 0 Å². The Morgan fingerprint density at radius 2 is 1.67 bits per heavy atom. The maximum Gasteiger partial charge on any atom is 0.230 e. The summed E-state index contributed by atoms with van der Waals surface area (Å²) in [4.78, 5) is 17.4. The number of hydrogen-bond acceptors (Lipinski definition) is 2. The van der Waals surface area contributed by atoms with Crippen LogP contribution < -0.4 is 4.90 Å². The minimum atomic E-state index is -0.0474. The molecule has 0 radical (unpaired) electrons. The van der Waals surface area contributed by atoms with Crippen LogP contribution in [0.15, 0.2) is 54.6 Å². The Kier molecular flexibility index (Phi) is 6.92. The smallest absolute Gasteiger partial charge is 0.230 e. The van der Waals surface area contributed by atoms with Crippen LogP contribution in [0, 0.1) is 0 Å². The van der Waals surface area contributed by atoms with E-state index in [0.29, 0.717) is 6.54 Å². The lowest BCUT2D eigenvalue weighted by atomic mass is 9.93. The maximum absolute atomic E-state index is 13.1. The molecule has 0 bridgehead atoms. The van der Waals surface area contributed by atoms with Crippen LogP contribution in [-0.4, -0.2) is 30.9 Å². The van der Waals surface area contributed by atoms with Crippen molar-refractivity contribution in [3.05, 3.63) is 65.7 Å². The summed E-state index contributed by atoms with van der Waals surface area (Å²) in [7, 11) is 1.92. The Labute approximate surface area is 164 Å². The normalized spacial score (nSPS) is 15.4. The van der Waals surface area contributed by atoms with Crippen LogP contribution >= 0.6 is 0 Å². The maximum atomic E-state index is 13.1. The second-order valence-corrected chi connectivity index (χ2v) is 7.66. The number of rotatable bonds is 7. The van der Waals surface area contributed by atoms with Gasteiger partial charge in [0.25, 0.3) is 0 Å². The molecule has 0 saturated carbocycles. The standard InChI is InChI=1S/C24H32N2O/c1-3-10-23(21-11-6-4-7-12-21)24(27)25(2)19-20-13-15-22(16-14-20)26-17-8-5-9-18-26/h4,6-7,11-16,23H,3,5,8-10,17-19H2,1-2H3. The lowest BCUT2D eigenvalue weighted by Crippen LogP contribution is -2.31. The number of piperidine rings is 1. The number of hydrogen-bond donors (Lipinski definition) is 0. The molecular formula is C24H32N2O. The van der Waals surface area contributed by atoms with Gasteiger partial charge in [-0.3, -0.25) is 4.79 Å². The van der Waals surface area contributed by atoms with Gasteiger partial charge in [0.15, 0.2) is 0 Å². The number of amides is 1. The Hall–Kier alpha value is -2.29. The number of carbonyl (C=O) groups excluding carboxylic acids is 1. The van der Waals surface area contributed by atoms with Crippen molar-refractivity contribution >= 4 is 11.6 Å². The Balaban J connectivity index is 1.64. The molecule has 1 fully saturated rings. The van der Waals surface area contributed by atoms with Gasteiger partial charge in [0.1, 0.15) is 0 Å². The first-order valence-electron chi connectivity index (χ1n) is 10.3. The third-order valence-corrected chi connectivity index (χ3v) is 5.53. The van der Waals surface area contributed by atoms with Crippen molar-refractivity contribution in [2.24, 2.45) is 0 Å². The quantitative estimate of drug-likeness (QED) is 0.672. The fraction of sp³-hybridized carbons (Fsp3) is 0.458. The monoisotopic (exact) mass is 364 g/mol. The van der Waals surface area contributed by atoms with E-state index in [1.807, 2.05) is 30.1 Å². The number of nitrogens with zero attached hydrogens (tertiary/aromatic N) is 2. The van der Waals surface area contributed by atoms with E-state index in [9.17, 15) is 4.79 Å². The van der Waals surface area contributed by atoms with Crippen molar-refractivity contribution < 1.29 is 4.79 Å². The van der Waals surface area contributed by atoms with E-state index in [1.165, 1.54) is 30.5 Å². The zero-order chi connectivity index (χ0) is 19.1. The van der Waals surface area contributed by atoms with Crippen LogP contribution in [0.25, 0.3) is 0 Å². The van der Waals surface area contributed by atoms with Gasteiger partial charge >= 0.3 is 0 Å². The molecule has 1 saturated heterocycles. The molecule has 1 amide bonds. The first kappa shape index (κ1) is 19.5. The molecule has 1 heterocycles. The lowest BCUT2D eigenvalue weighted by molar-refractivity contribution is -0.132. The second kappa shape index (κ2) is 9.59. The highest BCUT2D eigenvalue weighted by Gasteiger charge is 2.23. The molecule has 2 aromatic rings. The summed E-state index contributed by atoms with van der Waals surface area (Å²) in [6, 6.07) is 18.9. The molecule has 0 aliphatic carbocycles. The van der Waals surface area contributed by atoms with Gasteiger partial charge in [-0.1, -0.05) is 55.8 Å². The minimum absolute atomic E-state index is 0.0474. The first-order chi connectivity index (χ1) is 13.2. The largest absolute Gasteiger partial charge is 0.372 e. The van der Waals surface area contributed by atoms with Crippen LogP contribution in [0.3, 0.4) is 0 Å². The number of carbonyl (C=O) groups is 1. The molecule has 2 aromatic carbocycles. The van der Waals surface area contributed by atoms with E-state index in [-0.39, 0.29) is 11.8 Å². The van der Waals surface area contributed by atoms with Gasteiger partial charge in [-0.05, 0) is 48.9 Å². The fourth-order valence-electron chi connectivity index (χ4n) is 3.99. The van der Waals surface area contributed by atoms with E-state index in [4.69, 9.17) is 0 Å². The van der Waals surface area contributed by atoms with Crippen LogP contribution in [0.1, 0.15) is 56.1 Å². The predicted octanol–water partition coefficient (Wildman–Crippen LogP) is 5.22. The van der Waals surface area contributed by atoms with Gasteiger partial charge in [0.2, 0.25) is 5.91 Å². The van der Waals surface area contributed by atoms with E-state index < -0.39 is 0 Å². The summed E-state index contributed by atoms with van der Waals surface area (Å²) < 4.78 is 0. The summed E-state index contributed by atoms with van der Waals surface area (Å²) in [5.41, 5.74) is 3.62. The summed E-state index contributed by atoms with van der Waals surface area (Å²) in [5, 5.41) is 0. The molecule has 3 rings (SSSR count). The van der Waals surface area contributed by atoms with E-state index in [2.05, 4.69) is 48.2 Å². The minimum Gasteiger partial charge on any atom is -0.372 e. The highest BCUT2D eigenvalue weighted by atomic mass is 16.2. The second-order valence-electron chi connectivity index (χ2n) is 7.66. The fourth-order valence-corrected chi connectivity index (χ4v) is 3.99. The molecule has 1 aliphatic heterocycles. The number of benzene rings is 2. The average Bonchev–Trinajstić information content (AvgIpc) is 2.73. The van der Waals surface area contributed by atoms with Gasteiger partial charge in [0, 0.05) is 32.4 Å². The van der Waals surface area contributed by atoms with Gasteiger partial charge in [0.05, 0.1) is 5.92 Å². The summed E-state index contributed by atoms with van der Waals surface area (Å²) in [5.74, 6) is 0.164. The van der Waals surface area contributed by atoms with Crippen LogP contribution in [-0.2, 0) is 11.3 Å². The third kappa shape index (κ3) is 5.12. The third-order valence-electron chi connectivity index (χ3n) is 5.53. The van der Waals surface area contributed by atoms with Crippen molar-refractivity contribution in [2.45, 2.75) is 51.5 Å². The van der Waals surface area contributed by atoms with E-state index in [0.717, 1.165) is 31.5 Å².